The van der Waals surface area contributed by atoms with Gasteiger partial charge in [0.15, 0.2) is 0 Å². The van der Waals surface area contributed by atoms with Crippen LogP contribution < -0.4 is 4.31 Å². The maximum atomic E-state index is 4.62. The molecule has 28 heavy (non-hydrogen) atoms. The molecule has 1 heterocycles. The van der Waals surface area contributed by atoms with Crippen molar-refractivity contribution in [3.05, 3.63) is 72.3 Å². The number of nitrogens with zero attached hydrogens (tertiary/aromatic N) is 3. The third-order valence-corrected chi connectivity index (χ3v) is 7.81. The van der Waals surface area contributed by atoms with E-state index in [0.717, 1.165) is 31.2 Å². The van der Waals surface area contributed by atoms with Crippen LogP contribution in [-0.4, -0.2) is 47.3 Å². The van der Waals surface area contributed by atoms with Crippen molar-refractivity contribution in [2.45, 2.75) is 31.8 Å². The molecule has 1 atom stereocenters. The van der Waals surface area contributed by atoms with Crippen LogP contribution >= 0.6 is 10.9 Å². The molecule has 3 nitrogen and oxygen atoms in total. The second-order valence-electron chi connectivity index (χ2n) is 7.71. The Morgan fingerprint density at radius 1 is 0.964 bits per heavy atom. The van der Waals surface area contributed by atoms with Crippen LogP contribution in [0.2, 0.25) is 0 Å². The van der Waals surface area contributed by atoms with Crippen LogP contribution in [0.4, 0.5) is 5.69 Å². The van der Waals surface area contributed by atoms with Gasteiger partial charge in [-0.05, 0) is 52.8 Å². The zero-order valence-electron chi connectivity index (χ0n) is 16.7. The quantitative estimate of drug-likeness (QED) is 0.610. The van der Waals surface area contributed by atoms with E-state index in [1.54, 1.807) is 0 Å². The van der Waals surface area contributed by atoms with E-state index in [9.17, 15) is 0 Å². The molecule has 148 valence electrons. The summed E-state index contributed by atoms with van der Waals surface area (Å²) in [4.78, 5) is 2.69. The standard InChI is InChI=1S/C24H31N3S/c1-3-21-12-14-22(15-13-21)20-27(24-8-5-4-6-9-24)28(2)26-18-16-25(17-19-26)23-10-7-11-23/h3-6,8-9,12-15,23H,1-2,7,10-11,16-20H2. The minimum Gasteiger partial charge on any atom is -0.306 e. The number of rotatable bonds is 7. The van der Waals surface area contributed by atoms with Crippen molar-refractivity contribution in [1.82, 2.24) is 9.21 Å². The number of piperazine rings is 1. The normalized spacial score (nSPS) is 19.7. The summed E-state index contributed by atoms with van der Waals surface area (Å²) in [7, 11) is -0.195. The maximum Gasteiger partial charge on any atom is 0.0552 e. The molecule has 0 radical (unpaired) electrons. The number of para-hydroxylation sites is 1. The van der Waals surface area contributed by atoms with Gasteiger partial charge in [0.2, 0.25) is 0 Å². The van der Waals surface area contributed by atoms with Gasteiger partial charge in [0.25, 0.3) is 0 Å². The van der Waals surface area contributed by atoms with Crippen molar-refractivity contribution in [3.63, 3.8) is 0 Å². The molecule has 1 aliphatic heterocycles. The van der Waals surface area contributed by atoms with Gasteiger partial charge in [0.1, 0.15) is 0 Å². The Kier molecular flexibility index (Phi) is 6.30. The van der Waals surface area contributed by atoms with Crippen molar-refractivity contribution in [2.75, 3.05) is 30.5 Å². The van der Waals surface area contributed by atoms with E-state index in [-0.39, 0.29) is 10.9 Å². The molecule has 2 aromatic carbocycles. The Morgan fingerprint density at radius 2 is 1.64 bits per heavy atom. The van der Waals surface area contributed by atoms with Gasteiger partial charge in [-0.25, -0.2) is 4.31 Å². The van der Waals surface area contributed by atoms with Crippen molar-refractivity contribution < 1.29 is 0 Å². The van der Waals surface area contributed by atoms with Gasteiger partial charge in [0.05, 0.1) is 6.54 Å². The molecule has 4 rings (SSSR count). The Balaban J connectivity index is 1.48. The molecule has 0 bridgehead atoms. The summed E-state index contributed by atoms with van der Waals surface area (Å²) in [6.07, 6.45) is 6.10. The molecule has 0 N–H and O–H groups in total. The van der Waals surface area contributed by atoms with Crippen LogP contribution in [0.15, 0.2) is 61.2 Å². The third kappa shape index (κ3) is 4.40. The number of benzene rings is 2. The van der Waals surface area contributed by atoms with Crippen LogP contribution in [0.3, 0.4) is 0 Å². The lowest BCUT2D eigenvalue weighted by atomic mass is 9.91. The summed E-state index contributed by atoms with van der Waals surface area (Å²) < 4.78 is 5.03. The van der Waals surface area contributed by atoms with Gasteiger partial charge < -0.3 is 4.31 Å². The Bertz CT molecular complexity index is 790. The van der Waals surface area contributed by atoms with Gasteiger partial charge >= 0.3 is 0 Å². The van der Waals surface area contributed by atoms with Crippen LogP contribution in [0, 0.1) is 0 Å². The molecule has 2 aromatic rings. The van der Waals surface area contributed by atoms with Crippen LogP contribution in [-0.2, 0) is 6.54 Å². The summed E-state index contributed by atoms with van der Waals surface area (Å²) in [6, 6.07) is 20.3. The van der Waals surface area contributed by atoms with Gasteiger partial charge in [-0.1, -0.05) is 61.5 Å². The van der Waals surface area contributed by atoms with Gasteiger partial charge in [-0.15, -0.1) is 0 Å². The predicted molar refractivity (Wildman–Crippen MR) is 125 cm³/mol. The highest BCUT2D eigenvalue weighted by molar-refractivity contribution is 8.13. The van der Waals surface area contributed by atoms with E-state index in [1.165, 1.54) is 43.6 Å². The van der Waals surface area contributed by atoms with Gasteiger partial charge in [0, 0.05) is 37.9 Å². The number of hydrogen-bond acceptors (Lipinski definition) is 3. The van der Waals surface area contributed by atoms with E-state index in [2.05, 4.69) is 80.6 Å². The van der Waals surface area contributed by atoms with Crippen LogP contribution in [0.25, 0.3) is 6.08 Å². The average molecular weight is 394 g/mol. The van der Waals surface area contributed by atoms with Crippen molar-refractivity contribution in [3.8, 4) is 0 Å². The fourth-order valence-electron chi connectivity index (χ4n) is 3.98. The molecular formula is C24H31N3S. The lowest BCUT2D eigenvalue weighted by molar-refractivity contribution is 0.0917. The molecule has 1 saturated heterocycles. The molecule has 0 aromatic heterocycles. The van der Waals surface area contributed by atoms with E-state index < -0.39 is 0 Å². The van der Waals surface area contributed by atoms with Crippen LogP contribution in [0.1, 0.15) is 30.4 Å². The summed E-state index contributed by atoms with van der Waals surface area (Å²) >= 11 is 0. The van der Waals surface area contributed by atoms with E-state index >= 15 is 0 Å². The summed E-state index contributed by atoms with van der Waals surface area (Å²) in [5, 5.41) is 0. The maximum absolute atomic E-state index is 4.62. The highest BCUT2D eigenvalue weighted by Crippen LogP contribution is 2.34. The van der Waals surface area contributed by atoms with Gasteiger partial charge in [-0.3, -0.25) is 4.90 Å². The smallest absolute Gasteiger partial charge is 0.0552 e. The monoisotopic (exact) mass is 393 g/mol. The van der Waals surface area contributed by atoms with Gasteiger partial charge in [-0.2, -0.15) is 0 Å². The lowest BCUT2D eigenvalue weighted by Crippen LogP contribution is -2.51. The molecule has 0 amide bonds. The van der Waals surface area contributed by atoms with Crippen molar-refractivity contribution in [1.29, 1.82) is 0 Å². The van der Waals surface area contributed by atoms with E-state index in [4.69, 9.17) is 0 Å². The Morgan fingerprint density at radius 3 is 2.21 bits per heavy atom. The highest BCUT2D eigenvalue weighted by Gasteiger charge is 2.29. The molecule has 2 fully saturated rings. The summed E-state index contributed by atoms with van der Waals surface area (Å²) in [5.41, 5.74) is 3.72. The second-order valence-corrected chi connectivity index (χ2v) is 9.34. The summed E-state index contributed by atoms with van der Waals surface area (Å²) in [5.74, 6) is 4.62. The minimum absolute atomic E-state index is 0.195. The molecule has 1 aliphatic carbocycles. The molecule has 4 heteroatoms. The first-order valence-electron chi connectivity index (χ1n) is 10.3. The van der Waals surface area contributed by atoms with E-state index in [1.807, 2.05) is 6.08 Å². The molecular weight excluding hydrogens is 362 g/mol. The molecule has 1 unspecified atom stereocenters. The molecule has 1 saturated carbocycles. The highest BCUT2D eigenvalue weighted by atomic mass is 32.2. The molecule has 2 aliphatic rings. The number of anilines is 1. The Hall–Kier alpha value is -1.88. The predicted octanol–water partition coefficient (Wildman–Crippen LogP) is 5.04. The summed E-state index contributed by atoms with van der Waals surface area (Å²) in [6.45, 7) is 9.32. The topological polar surface area (TPSA) is 9.72 Å². The number of hydrogen-bond donors (Lipinski definition) is 0. The second kappa shape index (κ2) is 9.08. The third-order valence-electron chi connectivity index (χ3n) is 6.00. The largest absolute Gasteiger partial charge is 0.306 e. The lowest BCUT2D eigenvalue weighted by Gasteiger charge is -2.45. The zero-order valence-corrected chi connectivity index (χ0v) is 17.5. The fraction of sp³-hybridized carbons (Fsp3) is 0.375. The SMILES string of the molecule is C=Cc1ccc(CN(c2ccccc2)S(=C)N2CCN(C3CCC3)CC2)cc1. The average Bonchev–Trinajstić information content (AvgIpc) is 2.72. The molecule has 0 spiro atoms. The first kappa shape index (κ1) is 19.4. The first-order valence-corrected chi connectivity index (χ1v) is 11.6. The minimum atomic E-state index is -0.195. The van der Waals surface area contributed by atoms with Crippen molar-refractivity contribution >= 4 is 28.5 Å². The van der Waals surface area contributed by atoms with Crippen LogP contribution in [0.5, 0.6) is 0 Å². The fourth-order valence-corrected chi connectivity index (χ4v) is 5.50. The van der Waals surface area contributed by atoms with Crippen molar-refractivity contribution in [2.24, 2.45) is 0 Å². The Labute approximate surface area is 172 Å². The first-order chi connectivity index (χ1) is 13.7. The zero-order chi connectivity index (χ0) is 19.3. The van der Waals surface area contributed by atoms with E-state index in [0.29, 0.717) is 0 Å².